The molecule has 1 aromatic rings. The predicted molar refractivity (Wildman–Crippen MR) is 30.4 cm³/mol. The maximum atomic E-state index is 8.25. The van der Waals surface area contributed by atoms with Gasteiger partial charge < -0.3 is 9.90 Å². The van der Waals surface area contributed by atoms with Gasteiger partial charge in [-0.2, -0.15) is 11.3 Å². The SMILES string of the molecule is O=C[O-].[Li+].c1ccsc1. The number of hydrogen-bond donors (Lipinski definition) is 0. The molecule has 1 rings (SSSR count). The van der Waals surface area contributed by atoms with E-state index >= 15 is 0 Å². The molecule has 0 radical (unpaired) electrons. The third kappa shape index (κ3) is 11.4. The zero-order valence-electron chi connectivity index (χ0n) is 5.11. The summed E-state index contributed by atoms with van der Waals surface area (Å²) in [5, 5.41) is 12.3. The maximum Gasteiger partial charge on any atom is 1.00 e. The summed E-state index contributed by atoms with van der Waals surface area (Å²) < 4.78 is 0. The predicted octanol–water partition coefficient (Wildman–Crippen LogP) is -2.88. The van der Waals surface area contributed by atoms with Gasteiger partial charge in [0.25, 0.3) is 0 Å². The van der Waals surface area contributed by atoms with E-state index in [2.05, 4.69) is 0 Å². The molecule has 0 saturated carbocycles. The van der Waals surface area contributed by atoms with Gasteiger partial charge in [0.05, 0.1) is 0 Å². The molecule has 0 N–H and O–H groups in total. The van der Waals surface area contributed by atoms with Gasteiger partial charge in [0, 0.05) is 6.47 Å². The molecule has 0 aliphatic carbocycles. The maximum absolute atomic E-state index is 8.25. The van der Waals surface area contributed by atoms with Crippen molar-refractivity contribution in [1.82, 2.24) is 0 Å². The summed E-state index contributed by atoms with van der Waals surface area (Å²) in [5.74, 6) is 0. The Morgan fingerprint density at radius 2 is 1.67 bits per heavy atom. The summed E-state index contributed by atoms with van der Waals surface area (Å²) in [7, 11) is 0. The Labute approximate surface area is 69.7 Å². The summed E-state index contributed by atoms with van der Waals surface area (Å²) in [6, 6.07) is 4.04. The van der Waals surface area contributed by atoms with Gasteiger partial charge >= 0.3 is 18.9 Å². The van der Waals surface area contributed by atoms with Crippen molar-refractivity contribution in [3.05, 3.63) is 22.9 Å². The van der Waals surface area contributed by atoms with E-state index in [4.69, 9.17) is 9.90 Å². The molecule has 0 saturated heterocycles. The Morgan fingerprint density at radius 3 is 1.78 bits per heavy atom. The van der Waals surface area contributed by atoms with Gasteiger partial charge in [0.15, 0.2) is 0 Å². The van der Waals surface area contributed by atoms with Crippen LogP contribution in [-0.4, -0.2) is 6.47 Å². The van der Waals surface area contributed by atoms with Crippen LogP contribution in [0.1, 0.15) is 0 Å². The molecule has 0 fully saturated rings. The Kier molecular flexibility index (Phi) is 13.7. The summed E-state index contributed by atoms with van der Waals surface area (Å²) in [6.07, 6.45) is 0. The van der Waals surface area contributed by atoms with Crippen LogP contribution in [0.3, 0.4) is 0 Å². The molecule has 2 nitrogen and oxygen atoms in total. The first kappa shape index (κ1) is 11.5. The van der Waals surface area contributed by atoms with Gasteiger partial charge in [-0.25, -0.2) is 0 Å². The van der Waals surface area contributed by atoms with Crippen LogP contribution >= 0.6 is 11.3 Å². The molecular weight excluding hydrogens is 131 g/mol. The monoisotopic (exact) mass is 136 g/mol. The minimum atomic E-state index is -0.500. The molecule has 0 unspecified atom stereocenters. The third-order valence-corrected chi connectivity index (χ3v) is 1.05. The Balaban J connectivity index is 0. The molecular formula is C5H5LiO2S. The molecule has 0 aliphatic heterocycles. The number of carbonyl (C=O) groups excluding carboxylic acids is 1. The molecule has 44 valence electrons. The van der Waals surface area contributed by atoms with E-state index in [0.29, 0.717) is 0 Å². The molecule has 0 spiro atoms. The summed E-state index contributed by atoms with van der Waals surface area (Å²) in [4.78, 5) is 8.25. The topological polar surface area (TPSA) is 40.1 Å². The summed E-state index contributed by atoms with van der Waals surface area (Å²) in [6.45, 7) is -0.500. The fourth-order valence-corrected chi connectivity index (χ4v) is 0.680. The largest absolute Gasteiger partial charge is 1.00 e. The van der Waals surface area contributed by atoms with E-state index in [1.165, 1.54) is 0 Å². The van der Waals surface area contributed by atoms with Crippen LogP contribution in [-0.2, 0) is 4.79 Å². The zero-order valence-corrected chi connectivity index (χ0v) is 5.93. The average Bonchev–Trinajstić information content (AvgIpc) is 2.17. The molecule has 9 heavy (non-hydrogen) atoms. The quantitative estimate of drug-likeness (QED) is 0.284. The van der Waals surface area contributed by atoms with E-state index in [1.807, 2.05) is 22.9 Å². The molecule has 1 heterocycles. The van der Waals surface area contributed by atoms with Crippen molar-refractivity contribution in [2.24, 2.45) is 0 Å². The zero-order chi connectivity index (χ0) is 6.24. The third-order valence-electron chi connectivity index (χ3n) is 0.425. The molecule has 1 aromatic heterocycles. The smallest absolute Gasteiger partial charge is 0.554 e. The van der Waals surface area contributed by atoms with Crippen LogP contribution in [0.25, 0.3) is 0 Å². The number of carbonyl (C=O) groups is 1. The van der Waals surface area contributed by atoms with Crippen LogP contribution in [0.15, 0.2) is 22.9 Å². The first-order valence-electron chi connectivity index (χ1n) is 1.94. The second kappa shape index (κ2) is 10.7. The Bertz CT molecular complexity index is 101. The van der Waals surface area contributed by atoms with Crippen molar-refractivity contribution in [3.8, 4) is 0 Å². The van der Waals surface area contributed by atoms with Crippen LogP contribution in [0.5, 0.6) is 0 Å². The van der Waals surface area contributed by atoms with Gasteiger partial charge in [-0.05, 0) is 10.8 Å². The van der Waals surface area contributed by atoms with Gasteiger partial charge in [0.1, 0.15) is 0 Å². The number of carboxylic acid groups (broad SMARTS) is 1. The van der Waals surface area contributed by atoms with Gasteiger partial charge in [0.2, 0.25) is 0 Å². The van der Waals surface area contributed by atoms with Crippen LogP contribution in [0, 0.1) is 0 Å². The van der Waals surface area contributed by atoms with E-state index < -0.39 is 6.47 Å². The van der Waals surface area contributed by atoms with Crippen molar-refractivity contribution >= 4 is 17.8 Å². The second-order valence-electron chi connectivity index (χ2n) is 0.889. The van der Waals surface area contributed by atoms with Gasteiger partial charge in [-0.3, -0.25) is 0 Å². The van der Waals surface area contributed by atoms with Crippen molar-refractivity contribution < 1.29 is 28.8 Å². The van der Waals surface area contributed by atoms with E-state index in [1.54, 1.807) is 11.3 Å². The standard InChI is InChI=1S/C4H4S.CH2O2.Li/c1-2-4-5-3-1;2-1-3;/h1-4H;1H,(H,2,3);/q;;+1/p-1. The molecule has 4 heteroatoms. The molecule has 0 bridgehead atoms. The fraction of sp³-hybridized carbons (Fsp3) is 0. The number of hydrogen-bond acceptors (Lipinski definition) is 3. The van der Waals surface area contributed by atoms with Crippen LogP contribution in [0.4, 0.5) is 0 Å². The van der Waals surface area contributed by atoms with Crippen molar-refractivity contribution in [2.75, 3.05) is 0 Å². The van der Waals surface area contributed by atoms with Crippen molar-refractivity contribution in [1.29, 1.82) is 0 Å². The van der Waals surface area contributed by atoms with E-state index in [9.17, 15) is 0 Å². The van der Waals surface area contributed by atoms with Crippen molar-refractivity contribution in [3.63, 3.8) is 0 Å². The molecule has 0 atom stereocenters. The van der Waals surface area contributed by atoms with Gasteiger partial charge in [-0.1, -0.05) is 12.1 Å². The fourth-order valence-electron chi connectivity index (χ4n) is 0.227. The second-order valence-corrected chi connectivity index (χ2v) is 1.71. The number of rotatable bonds is 0. The van der Waals surface area contributed by atoms with Crippen LogP contribution < -0.4 is 24.0 Å². The minimum Gasteiger partial charge on any atom is -0.554 e. The average molecular weight is 136 g/mol. The summed E-state index contributed by atoms with van der Waals surface area (Å²) in [5.41, 5.74) is 0. The number of thiophene rings is 1. The molecule has 0 aromatic carbocycles. The molecule has 0 aliphatic rings. The first-order chi connectivity index (χ1) is 3.91. The van der Waals surface area contributed by atoms with Gasteiger partial charge in [-0.15, -0.1) is 0 Å². The van der Waals surface area contributed by atoms with E-state index in [-0.39, 0.29) is 18.9 Å². The minimum absolute atomic E-state index is 0. The van der Waals surface area contributed by atoms with Crippen molar-refractivity contribution in [2.45, 2.75) is 0 Å². The van der Waals surface area contributed by atoms with Crippen LogP contribution in [0.2, 0.25) is 0 Å². The Hall–Kier alpha value is -0.233. The Morgan fingerprint density at radius 1 is 1.33 bits per heavy atom. The van der Waals surface area contributed by atoms with E-state index in [0.717, 1.165) is 0 Å². The molecule has 0 amide bonds. The summed E-state index contributed by atoms with van der Waals surface area (Å²) >= 11 is 1.71. The first-order valence-corrected chi connectivity index (χ1v) is 2.89. The normalized spacial score (nSPS) is 5.78.